The quantitative estimate of drug-likeness (QED) is 0.265. The van der Waals surface area contributed by atoms with E-state index in [0.717, 1.165) is 9.52 Å². The van der Waals surface area contributed by atoms with Crippen LogP contribution in [0.15, 0.2) is 84.9 Å². The Balaban J connectivity index is 0. The fraction of sp³-hybridized carbons (Fsp3) is 0.167. The SMILES string of the molecule is C[SiH]C.Cc1cc(C)cc(-c2cc3ccccc3[cH-]2)c1.[Cl-].[Cl-].[Zr+4].c1cc[cH-]c1. The molecule has 0 aliphatic heterocycles. The number of benzene rings is 2. The molecule has 0 aliphatic rings. The molecule has 0 spiro atoms. The molecule has 0 atom stereocenters. The molecule has 4 heteroatoms. The Morgan fingerprint density at radius 2 is 1.29 bits per heavy atom. The van der Waals surface area contributed by atoms with Crippen molar-refractivity contribution in [1.29, 1.82) is 0 Å². The van der Waals surface area contributed by atoms with Gasteiger partial charge in [-0.05, 0) is 13.8 Å². The van der Waals surface area contributed by atoms with Gasteiger partial charge in [0.15, 0.2) is 0 Å². The maximum Gasteiger partial charge on any atom is 4.00 e. The number of fused-ring (bicyclic) bond motifs is 1. The molecule has 4 aromatic rings. The third-order valence-corrected chi connectivity index (χ3v) is 3.73. The normalized spacial score (nSPS) is 8.71. The van der Waals surface area contributed by atoms with Gasteiger partial charge in [-0.1, -0.05) is 66.2 Å². The van der Waals surface area contributed by atoms with Crippen LogP contribution in [-0.2, 0) is 26.2 Å². The van der Waals surface area contributed by atoms with E-state index in [1.54, 1.807) is 0 Å². The predicted molar refractivity (Wildman–Crippen MR) is 115 cm³/mol. The average Bonchev–Trinajstić information content (AvgIpc) is 3.27. The first-order chi connectivity index (χ1) is 12.1. The molecular weight excluding hydrogens is 478 g/mol. The molecule has 0 aromatic heterocycles. The molecule has 4 rings (SSSR count). The summed E-state index contributed by atoms with van der Waals surface area (Å²) >= 11 is 0. The number of halogens is 2. The molecule has 1 radical (unpaired) electrons. The van der Waals surface area contributed by atoms with Gasteiger partial charge in [-0.15, -0.1) is 34.5 Å². The van der Waals surface area contributed by atoms with Gasteiger partial charge in [0.05, 0.1) is 0 Å². The maximum absolute atomic E-state index is 2.27. The van der Waals surface area contributed by atoms with Crippen LogP contribution in [0.4, 0.5) is 0 Å². The molecular formula is C24H27Cl2SiZr. The summed E-state index contributed by atoms with van der Waals surface area (Å²) in [5, 5.41) is 2.64. The summed E-state index contributed by atoms with van der Waals surface area (Å²) in [5.41, 5.74) is 5.28. The van der Waals surface area contributed by atoms with E-state index in [4.69, 9.17) is 0 Å². The molecule has 0 unspecified atom stereocenters. The summed E-state index contributed by atoms with van der Waals surface area (Å²) < 4.78 is 0. The summed E-state index contributed by atoms with van der Waals surface area (Å²) in [6, 6.07) is 29.8. The van der Waals surface area contributed by atoms with E-state index in [1.807, 2.05) is 30.3 Å². The fourth-order valence-electron chi connectivity index (χ4n) is 2.78. The second-order valence-electron chi connectivity index (χ2n) is 6.29. The first-order valence-electron chi connectivity index (χ1n) is 8.79. The second-order valence-corrected chi connectivity index (χ2v) is 7.44. The van der Waals surface area contributed by atoms with Crippen LogP contribution in [0.5, 0.6) is 0 Å². The molecule has 145 valence electrons. The van der Waals surface area contributed by atoms with E-state index in [2.05, 4.69) is 81.5 Å². The Hall–Kier alpha value is -0.920. The second kappa shape index (κ2) is 15.9. The Morgan fingerprint density at radius 3 is 1.75 bits per heavy atom. The number of hydrogen-bond acceptors (Lipinski definition) is 0. The number of hydrogen-bond donors (Lipinski definition) is 0. The largest absolute Gasteiger partial charge is 4.00 e. The van der Waals surface area contributed by atoms with E-state index in [1.165, 1.54) is 33.0 Å². The van der Waals surface area contributed by atoms with Crippen molar-refractivity contribution in [3.63, 3.8) is 0 Å². The molecule has 0 saturated carbocycles. The predicted octanol–water partition coefficient (Wildman–Crippen LogP) is 0.773. The minimum Gasteiger partial charge on any atom is -1.00 e. The van der Waals surface area contributed by atoms with E-state index in [0.29, 0.717) is 0 Å². The van der Waals surface area contributed by atoms with Crippen LogP contribution in [0, 0.1) is 13.8 Å². The zero-order valence-corrected chi connectivity index (χ0v) is 22.0. The molecule has 0 nitrogen and oxygen atoms in total. The standard InChI is InChI=1S/C17H15.C5H5.C2H7Si.2ClH.Zr/c1-12-7-13(2)9-16(8-12)17-10-14-5-3-4-6-15(14)11-17;1-2-4-5-3-1;1-3-2;;;/h3-11H,1-2H3;1-5H;3H,1-2H3;2*1H;/q2*-1;;;;+4/p-2. The molecule has 0 N–H and O–H groups in total. The number of aryl methyl sites for hydroxylation is 2. The van der Waals surface area contributed by atoms with E-state index < -0.39 is 0 Å². The van der Waals surface area contributed by atoms with Crippen LogP contribution in [0.2, 0.25) is 13.1 Å². The van der Waals surface area contributed by atoms with E-state index in [9.17, 15) is 0 Å². The van der Waals surface area contributed by atoms with Crippen LogP contribution >= 0.6 is 0 Å². The van der Waals surface area contributed by atoms with Crippen LogP contribution in [0.25, 0.3) is 21.9 Å². The van der Waals surface area contributed by atoms with Gasteiger partial charge in [-0.3, -0.25) is 0 Å². The molecule has 0 amide bonds. The van der Waals surface area contributed by atoms with Crippen molar-refractivity contribution < 1.29 is 51.0 Å². The van der Waals surface area contributed by atoms with Crippen molar-refractivity contribution in [2.75, 3.05) is 0 Å². The van der Waals surface area contributed by atoms with Gasteiger partial charge in [0.1, 0.15) is 0 Å². The third-order valence-electron chi connectivity index (χ3n) is 3.73. The molecule has 0 aliphatic carbocycles. The van der Waals surface area contributed by atoms with Gasteiger partial charge in [0, 0.05) is 9.52 Å². The molecule has 0 bridgehead atoms. The van der Waals surface area contributed by atoms with Crippen molar-refractivity contribution in [1.82, 2.24) is 0 Å². The molecule has 0 saturated heterocycles. The molecule has 0 heterocycles. The summed E-state index contributed by atoms with van der Waals surface area (Å²) in [7, 11) is 0.750. The molecule has 4 aromatic carbocycles. The topological polar surface area (TPSA) is 0 Å². The zero-order chi connectivity index (χ0) is 18.1. The van der Waals surface area contributed by atoms with Gasteiger partial charge in [0.2, 0.25) is 0 Å². The van der Waals surface area contributed by atoms with Gasteiger partial charge < -0.3 is 24.8 Å². The first-order valence-corrected chi connectivity index (χ1v) is 11.1. The fourth-order valence-corrected chi connectivity index (χ4v) is 2.78. The monoisotopic (exact) mass is 503 g/mol. The van der Waals surface area contributed by atoms with Gasteiger partial charge >= 0.3 is 26.2 Å². The molecule has 28 heavy (non-hydrogen) atoms. The Kier molecular flexibility index (Phi) is 16.7. The van der Waals surface area contributed by atoms with Crippen molar-refractivity contribution in [2.45, 2.75) is 26.9 Å². The number of rotatable bonds is 1. The maximum atomic E-state index is 2.27. The minimum absolute atomic E-state index is 0. The third kappa shape index (κ3) is 9.52. The van der Waals surface area contributed by atoms with Crippen LogP contribution in [-0.4, -0.2) is 9.52 Å². The minimum atomic E-state index is 0. The molecule has 0 fully saturated rings. The Labute approximate surface area is 204 Å². The Bertz CT molecular complexity index is 812. The Morgan fingerprint density at radius 1 is 0.750 bits per heavy atom. The summed E-state index contributed by atoms with van der Waals surface area (Å²) in [6.07, 6.45) is 0. The summed E-state index contributed by atoms with van der Waals surface area (Å²) in [4.78, 5) is 0. The van der Waals surface area contributed by atoms with E-state index >= 15 is 0 Å². The summed E-state index contributed by atoms with van der Waals surface area (Å²) in [5.74, 6) is 0. The van der Waals surface area contributed by atoms with Crippen molar-refractivity contribution >= 4 is 20.3 Å². The summed E-state index contributed by atoms with van der Waals surface area (Å²) in [6.45, 7) is 8.72. The van der Waals surface area contributed by atoms with Crippen molar-refractivity contribution in [3.8, 4) is 11.1 Å². The first kappa shape index (κ1) is 29.3. The average molecular weight is 506 g/mol. The van der Waals surface area contributed by atoms with Gasteiger partial charge in [-0.2, -0.15) is 18.2 Å². The zero-order valence-electron chi connectivity index (χ0n) is 16.9. The smallest absolute Gasteiger partial charge is 1.00 e. The van der Waals surface area contributed by atoms with Crippen molar-refractivity contribution in [3.05, 3.63) is 96.1 Å². The van der Waals surface area contributed by atoms with Crippen LogP contribution < -0.4 is 24.8 Å². The van der Waals surface area contributed by atoms with E-state index in [-0.39, 0.29) is 51.0 Å². The van der Waals surface area contributed by atoms with Crippen LogP contribution in [0.1, 0.15) is 11.1 Å². The van der Waals surface area contributed by atoms with Gasteiger partial charge in [-0.25, -0.2) is 12.1 Å². The van der Waals surface area contributed by atoms with Gasteiger partial charge in [0.25, 0.3) is 0 Å². The van der Waals surface area contributed by atoms with Crippen molar-refractivity contribution in [2.24, 2.45) is 0 Å². The van der Waals surface area contributed by atoms with Crippen LogP contribution in [0.3, 0.4) is 0 Å².